The van der Waals surface area contributed by atoms with E-state index in [0.717, 1.165) is 19.4 Å². The Kier molecular flexibility index (Phi) is 15.7. The Morgan fingerprint density at radius 3 is 2.52 bits per heavy atom. The lowest BCUT2D eigenvalue weighted by molar-refractivity contribution is -0.154. The molecule has 0 spiro atoms. The summed E-state index contributed by atoms with van der Waals surface area (Å²) in [6.07, 6.45) is -0.887. The fraction of sp³-hybridized carbons (Fsp3) is 0.667. The maximum Gasteiger partial charge on any atom is 0.422 e. The van der Waals surface area contributed by atoms with Crippen LogP contribution < -0.4 is 15.4 Å². The molecule has 0 fully saturated rings. The third kappa shape index (κ3) is 14.3. The van der Waals surface area contributed by atoms with Gasteiger partial charge in [0.05, 0.1) is 19.8 Å². The van der Waals surface area contributed by atoms with Crippen molar-refractivity contribution in [3.05, 3.63) is 23.9 Å². The molecule has 0 radical (unpaired) electrons. The SMILES string of the molecule is CCCCOCCOCCNC(=NC)NCc1cccnc1OCC(F)(F)F.I. The van der Waals surface area contributed by atoms with Crippen LogP contribution in [0.5, 0.6) is 5.88 Å². The number of hydrogen-bond acceptors (Lipinski definition) is 5. The molecule has 168 valence electrons. The van der Waals surface area contributed by atoms with Crippen molar-refractivity contribution in [2.24, 2.45) is 4.99 Å². The summed E-state index contributed by atoms with van der Waals surface area (Å²) in [6.45, 7) is 3.77. The molecule has 2 N–H and O–H groups in total. The van der Waals surface area contributed by atoms with E-state index in [0.29, 0.717) is 37.9 Å². The van der Waals surface area contributed by atoms with Gasteiger partial charge in [-0.2, -0.15) is 13.2 Å². The summed E-state index contributed by atoms with van der Waals surface area (Å²) in [7, 11) is 1.60. The van der Waals surface area contributed by atoms with Gasteiger partial charge in [0.15, 0.2) is 12.6 Å². The van der Waals surface area contributed by atoms with E-state index in [2.05, 4.69) is 27.5 Å². The monoisotopic (exact) mass is 534 g/mol. The number of alkyl halides is 3. The van der Waals surface area contributed by atoms with Gasteiger partial charge in [0.2, 0.25) is 5.88 Å². The first-order valence-corrected chi connectivity index (χ1v) is 9.19. The van der Waals surface area contributed by atoms with Crippen LogP contribution in [-0.4, -0.2) is 63.7 Å². The molecular formula is C18H30F3IN4O3. The molecule has 0 atom stereocenters. The highest BCUT2D eigenvalue weighted by Gasteiger charge is 2.29. The van der Waals surface area contributed by atoms with Gasteiger partial charge in [0.1, 0.15) is 0 Å². The molecule has 0 bridgehead atoms. The van der Waals surface area contributed by atoms with E-state index in [-0.39, 0.29) is 36.4 Å². The second-order valence-electron chi connectivity index (χ2n) is 5.80. The number of pyridine rings is 1. The van der Waals surface area contributed by atoms with E-state index in [4.69, 9.17) is 14.2 Å². The van der Waals surface area contributed by atoms with Crippen LogP contribution in [0.4, 0.5) is 13.2 Å². The molecule has 0 aliphatic rings. The van der Waals surface area contributed by atoms with Gasteiger partial charge in [-0.15, -0.1) is 24.0 Å². The maximum atomic E-state index is 12.3. The highest BCUT2D eigenvalue weighted by Crippen LogP contribution is 2.19. The van der Waals surface area contributed by atoms with Crippen LogP contribution in [0.1, 0.15) is 25.3 Å². The number of aromatic nitrogens is 1. The second kappa shape index (κ2) is 16.5. The van der Waals surface area contributed by atoms with Gasteiger partial charge in [0, 0.05) is 38.5 Å². The summed E-state index contributed by atoms with van der Waals surface area (Å²) in [4.78, 5) is 7.91. The number of nitrogens with one attached hydrogen (secondary N) is 2. The van der Waals surface area contributed by atoms with Crippen LogP contribution in [0.25, 0.3) is 0 Å². The summed E-state index contributed by atoms with van der Waals surface area (Å²) in [5, 5.41) is 6.06. The Morgan fingerprint density at radius 1 is 1.14 bits per heavy atom. The number of ether oxygens (including phenoxy) is 3. The fourth-order valence-electron chi connectivity index (χ4n) is 2.05. The quantitative estimate of drug-likeness (QED) is 0.175. The van der Waals surface area contributed by atoms with Crippen LogP contribution in [-0.2, 0) is 16.0 Å². The third-order valence-corrected chi connectivity index (χ3v) is 3.45. The lowest BCUT2D eigenvalue weighted by Gasteiger charge is -2.15. The van der Waals surface area contributed by atoms with Gasteiger partial charge < -0.3 is 24.8 Å². The Bertz CT molecular complexity index is 578. The van der Waals surface area contributed by atoms with Crippen LogP contribution in [0.3, 0.4) is 0 Å². The van der Waals surface area contributed by atoms with E-state index in [1.54, 1.807) is 19.2 Å². The van der Waals surface area contributed by atoms with E-state index in [1.165, 1.54) is 6.20 Å². The summed E-state index contributed by atoms with van der Waals surface area (Å²) in [5.41, 5.74) is 0.496. The smallest absolute Gasteiger partial charge is 0.422 e. The molecule has 0 amide bonds. The van der Waals surface area contributed by atoms with Crippen LogP contribution >= 0.6 is 24.0 Å². The largest absolute Gasteiger partial charge is 0.468 e. The molecule has 0 aliphatic carbocycles. The average molecular weight is 534 g/mol. The number of aliphatic imine (C=N–C) groups is 1. The first kappa shape index (κ1) is 27.7. The number of nitrogens with zero attached hydrogens (tertiary/aromatic N) is 2. The lowest BCUT2D eigenvalue weighted by Crippen LogP contribution is -2.38. The van der Waals surface area contributed by atoms with Gasteiger partial charge in [-0.1, -0.05) is 19.4 Å². The van der Waals surface area contributed by atoms with Crippen LogP contribution in [0.2, 0.25) is 0 Å². The van der Waals surface area contributed by atoms with Crippen molar-refractivity contribution in [2.45, 2.75) is 32.5 Å². The van der Waals surface area contributed by atoms with Gasteiger partial charge in [0.25, 0.3) is 0 Å². The second-order valence-corrected chi connectivity index (χ2v) is 5.80. The van der Waals surface area contributed by atoms with Gasteiger partial charge in [-0.3, -0.25) is 4.99 Å². The summed E-state index contributed by atoms with van der Waals surface area (Å²) in [5.74, 6) is 0.433. The van der Waals surface area contributed by atoms with Crippen LogP contribution in [0, 0.1) is 0 Å². The fourth-order valence-corrected chi connectivity index (χ4v) is 2.05. The Morgan fingerprint density at radius 2 is 1.86 bits per heavy atom. The van der Waals surface area contributed by atoms with E-state index in [1.807, 2.05) is 0 Å². The molecule has 0 unspecified atom stereocenters. The molecule has 0 saturated heterocycles. The first-order chi connectivity index (χ1) is 13.5. The van der Waals surface area contributed by atoms with E-state index in [9.17, 15) is 13.2 Å². The standard InChI is InChI=1S/C18H29F3N4O3.HI/c1-3-4-9-26-11-12-27-10-8-24-17(22-2)25-13-15-6-5-7-23-16(15)28-14-18(19,20)21;/h5-7H,3-4,8-14H2,1-2H3,(H2,22,24,25);1H. The van der Waals surface area contributed by atoms with Crippen LogP contribution in [0.15, 0.2) is 23.3 Å². The number of hydrogen-bond donors (Lipinski definition) is 2. The minimum Gasteiger partial charge on any atom is -0.468 e. The van der Waals surface area contributed by atoms with Crippen molar-refractivity contribution in [2.75, 3.05) is 46.6 Å². The van der Waals surface area contributed by atoms with Gasteiger partial charge in [-0.05, 0) is 12.5 Å². The van der Waals surface area contributed by atoms with Gasteiger partial charge >= 0.3 is 6.18 Å². The zero-order chi connectivity index (χ0) is 20.7. The minimum absolute atomic E-state index is 0. The predicted octanol–water partition coefficient (Wildman–Crippen LogP) is 3.14. The van der Waals surface area contributed by atoms with Crippen molar-refractivity contribution in [3.8, 4) is 5.88 Å². The van der Waals surface area contributed by atoms with E-state index >= 15 is 0 Å². The molecule has 29 heavy (non-hydrogen) atoms. The van der Waals surface area contributed by atoms with Crippen molar-refractivity contribution in [1.29, 1.82) is 0 Å². The molecule has 0 saturated carbocycles. The molecular weight excluding hydrogens is 504 g/mol. The molecule has 1 rings (SSSR count). The number of guanidine groups is 1. The summed E-state index contributed by atoms with van der Waals surface area (Å²) in [6, 6.07) is 3.27. The first-order valence-electron chi connectivity index (χ1n) is 9.19. The van der Waals surface area contributed by atoms with Gasteiger partial charge in [-0.25, -0.2) is 4.98 Å². The normalized spacial score (nSPS) is 11.7. The molecule has 1 aromatic rings. The average Bonchev–Trinajstić information content (AvgIpc) is 2.67. The third-order valence-electron chi connectivity index (χ3n) is 3.45. The summed E-state index contributed by atoms with van der Waals surface area (Å²) >= 11 is 0. The Hall–Kier alpha value is -1.34. The predicted molar refractivity (Wildman–Crippen MR) is 116 cm³/mol. The zero-order valence-electron chi connectivity index (χ0n) is 16.8. The zero-order valence-corrected chi connectivity index (χ0v) is 19.1. The molecule has 11 heteroatoms. The Labute approximate surface area is 186 Å². The highest BCUT2D eigenvalue weighted by molar-refractivity contribution is 14.0. The summed E-state index contributed by atoms with van der Waals surface area (Å²) < 4.78 is 52.6. The van der Waals surface area contributed by atoms with Crippen molar-refractivity contribution < 1.29 is 27.4 Å². The topological polar surface area (TPSA) is 77.0 Å². The van der Waals surface area contributed by atoms with Crippen molar-refractivity contribution >= 4 is 29.9 Å². The number of rotatable bonds is 13. The minimum atomic E-state index is -4.42. The molecule has 7 nitrogen and oxygen atoms in total. The lowest BCUT2D eigenvalue weighted by atomic mass is 10.2. The molecule has 1 heterocycles. The number of unbranched alkanes of at least 4 members (excludes halogenated alkanes) is 1. The number of halogens is 4. The highest BCUT2D eigenvalue weighted by atomic mass is 127. The van der Waals surface area contributed by atoms with E-state index < -0.39 is 12.8 Å². The molecule has 0 aliphatic heterocycles. The molecule has 1 aromatic heterocycles. The van der Waals surface area contributed by atoms with Crippen molar-refractivity contribution in [3.63, 3.8) is 0 Å². The maximum absolute atomic E-state index is 12.3. The van der Waals surface area contributed by atoms with Crippen molar-refractivity contribution in [1.82, 2.24) is 15.6 Å². The Balaban J connectivity index is 0.00000784. The molecule has 0 aromatic carbocycles.